The number of imide groups is 1. The van der Waals surface area contributed by atoms with Crippen molar-refractivity contribution in [3.63, 3.8) is 0 Å². The van der Waals surface area contributed by atoms with Gasteiger partial charge in [0.2, 0.25) is 17.8 Å². The SMILES string of the molecule is CNC(=O)COC1=Cc2cc(Nc3nc(N4CCN(CC5CCN(c6cccc7c(C8CCC(=O)NC8=O)nn(C)c67)CC5)CC4)ncc3Cl)ccc2N(C(C)C)C1O. The van der Waals surface area contributed by atoms with Crippen LogP contribution in [0.4, 0.5) is 28.8 Å². The number of ether oxygens (including phenoxy) is 1. The fraction of sp³-hybridized carbons (Fsp3) is 0.476. The molecule has 8 rings (SSSR count). The van der Waals surface area contributed by atoms with Crippen LogP contribution in [0.25, 0.3) is 17.0 Å². The van der Waals surface area contributed by atoms with E-state index in [0.717, 1.165) is 97.9 Å². The lowest BCUT2D eigenvalue weighted by molar-refractivity contribution is -0.134. The lowest BCUT2D eigenvalue weighted by atomic mass is 9.92. The molecule has 4 aliphatic heterocycles. The molecule has 0 saturated carbocycles. The zero-order chi connectivity index (χ0) is 41.4. The van der Waals surface area contributed by atoms with Crippen LogP contribution in [0, 0.1) is 5.92 Å². The van der Waals surface area contributed by atoms with E-state index < -0.39 is 12.1 Å². The van der Waals surface area contributed by atoms with Crippen molar-refractivity contribution in [2.45, 2.75) is 57.7 Å². The van der Waals surface area contributed by atoms with Crippen molar-refractivity contribution < 1.29 is 24.2 Å². The smallest absolute Gasteiger partial charge is 0.257 e. The van der Waals surface area contributed by atoms with E-state index in [2.05, 4.69) is 41.7 Å². The van der Waals surface area contributed by atoms with Gasteiger partial charge in [0, 0.05) is 94.7 Å². The highest BCUT2D eigenvalue weighted by atomic mass is 35.5. The Kier molecular flexibility index (Phi) is 11.6. The lowest BCUT2D eigenvalue weighted by Gasteiger charge is -2.39. The van der Waals surface area contributed by atoms with Crippen molar-refractivity contribution >= 4 is 75.1 Å². The van der Waals surface area contributed by atoms with Crippen LogP contribution in [0.15, 0.2) is 48.4 Å². The Morgan fingerprint density at radius 2 is 1.81 bits per heavy atom. The zero-order valence-electron chi connectivity index (χ0n) is 33.9. The van der Waals surface area contributed by atoms with Gasteiger partial charge in [0.1, 0.15) is 10.8 Å². The summed E-state index contributed by atoms with van der Waals surface area (Å²) in [4.78, 5) is 54.8. The number of aromatic nitrogens is 4. The molecule has 59 heavy (non-hydrogen) atoms. The zero-order valence-corrected chi connectivity index (χ0v) is 34.7. The highest BCUT2D eigenvalue weighted by Crippen LogP contribution is 2.38. The molecule has 0 radical (unpaired) electrons. The Labute approximate surface area is 348 Å². The number of likely N-dealkylation sites (N-methyl/N-ethyl adjacent to an activating group) is 1. The van der Waals surface area contributed by atoms with Crippen molar-refractivity contribution in [3.8, 4) is 0 Å². The number of benzene rings is 2. The summed E-state index contributed by atoms with van der Waals surface area (Å²) in [7, 11) is 3.48. The second kappa shape index (κ2) is 17.0. The summed E-state index contributed by atoms with van der Waals surface area (Å²) in [5, 5.41) is 25.6. The number of piperazine rings is 1. The van der Waals surface area contributed by atoms with Crippen molar-refractivity contribution in [1.82, 2.24) is 35.3 Å². The lowest BCUT2D eigenvalue weighted by Crippen LogP contribution is -2.49. The van der Waals surface area contributed by atoms with Gasteiger partial charge in [-0.2, -0.15) is 10.1 Å². The molecule has 3 fully saturated rings. The summed E-state index contributed by atoms with van der Waals surface area (Å²) in [5.74, 6) is 0.802. The standard InChI is InChI=1S/C42H52ClN11O5/c1-25(2)54-32-10-8-28(20-27(32)21-34(41(54)58)59-24-36(56)44-3)46-39-31(43)22-45-42(48-39)53-18-16-51(17-19-53)23-26-12-14-52(15-13-26)33-7-5-6-29-37(49-50(4)38(29)33)30-9-11-35(55)47-40(30)57/h5-8,10,20-22,25-26,30,41,58H,9,11-19,23-24H2,1-4H3,(H,44,56)(H,45,46,48)(H,47,55,57). The third-order valence-electron chi connectivity index (χ3n) is 11.9. The first-order valence-electron chi connectivity index (χ1n) is 20.4. The van der Waals surface area contributed by atoms with Gasteiger partial charge in [0.05, 0.1) is 29.0 Å². The molecule has 3 saturated heterocycles. The van der Waals surface area contributed by atoms with Gasteiger partial charge in [-0.05, 0) is 69.4 Å². The Balaban J connectivity index is 0.868. The third-order valence-corrected chi connectivity index (χ3v) is 12.2. The van der Waals surface area contributed by atoms with E-state index in [1.165, 1.54) is 7.05 Å². The normalized spacial score (nSPS) is 20.5. The minimum Gasteiger partial charge on any atom is -0.483 e. The fourth-order valence-electron chi connectivity index (χ4n) is 8.77. The maximum Gasteiger partial charge on any atom is 0.257 e. The molecule has 0 spiro atoms. The summed E-state index contributed by atoms with van der Waals surface area (Å²) in [5.41, 5.74) is 5.32. The maximum absolute atomic E-state index is 12.7. The molecular weight excluding hydrogens is 774 g/mol. The number of aliphatic hydroxyl groups is 1. The Hall–Kier alpha value is -5.45. The number of rotatable bonds is 11. The number of fused-ring (bicyclic) bond motifs is 2. The molecule has 17 heteroatoms. The average molecular weight is 826 g/mol. The second-order valence-corrected chi connectivity index (χ2v) is 16.5. The Bertz CT molecular complexity index is 2260. The van der Waals surface area contributed by atoms with Crippen molar-refractivity contribution in [1.29, 1.82) is 0 Å². The van der Waals surface area contributed by atoms with Crippen LogP contribution >= 0.6 is 11.6 Å². The highest BCUT2D eigenvalue weighted by Gasteiger charge is 2.34. The molecule has 2 aromatic carbocycles. The molecule has 6 heterocycles. The molecule has 2 unspecified atom stereocenters. The van der Waals surface area contributed by atoms with E-state index in [1.807, 2.05) is 60.8 Å². The summed E-state index contributed by atoms with van der Waals surface area (Å²) in [6, 6.07) is 12.0. The van der Waals surface area contributed by atoms with Gasteiger partial charge < -0.3 is 35.2 Å². The number of aryl methyl sites for hydroxylation is 1. The molecule has 4 N–H and O–H groups in total. The molecule has 4 aliphatic rings. The summed E-state index contributed by atoms with van der Waals surface area (Å²) >= 11 is 6.62. The van der Waals surface area contributed by atoms with Gasteiger partial charge in [0.15, 0.2) is 18.7 Å². The highest BCUT2D eigenvalue weighted by molar-refractivity contribution is 6.33. The van der Waals surface area contributed by atoms with Gasteiger partial charge in [-0.3, -0.25) is 29.3 Å². The molecule has 2 aromatic heterocycles. The van der Waals surface area contributed by atoms with E-state index in [1.54, 1.807) is 12.3 Å². The monoisotopic (exact) mass is 825 g/mol. The van der Waals surface area contributed by atoms with Crippen LogP contribution in [0.1, 0.15) is 56.7 Å². The van der Waals surface area contributed by atoms with E-state index >= 15 is 0 Å². The topological polar surface area (TPSA) is 173 Å². The molecular formula is C42H52ClN11O5. The molecule has 2 atom stereocenters. The predicted molar refractivity (Wildman–Crippen MR) is 228 cm³/mol. The number of piperidine rings is 2. The van der Waals surface area contributed by atoms with Gasteiger partial charge in [-0.15, -0.1) is 0 Å². The molecule has 0 bridgehead atoms. The van der Waals surface area contributed by atoms with E-state index in [0.29, 0.717) is 41.3 Å². The van der Waals surface area contributed by atoms with Gasteiger partial charge in [-0.1, -0.05) is 23.7 Å². The predicted octanol–water partition coefficient (Wildman–Crippen LogP) is 3.97. The second-order valence-electron chi connectivity index (χ2n) is 16.1. The minimum absolute atomic E-state index is 0.0360. The number of hydrogen-bond acceptors (Lipinski definition) is 13. The first-order valence-corrected chi connectivity index (χ1v) is 20.8. The number of nitrogens with one attached hydrogen (secondary N) is 3. The van der Waals surface area contributed by atoms with Crippen molar-refractivity contribution in [2.75, 3.05) is 79.5 Å². The van der Waals surface area contributed by atoms with Gasteiger partial charge >= 0.3 is 0 Å². The van der Waals surface area contributed by atoms with Gasteiger partial charge in [0.25, 0.3) is 5.91 Å². The van der Waals surface area contributed by atoms with E-state index in [4.69, 9.17) is 26.4 Å². The number of carbonyl (C=O) groups is 3. The number of anilines is 5. The molecule has 3 amide bonds. The molecule has 4 aromatic rings. The Morgan fingerprint density at radius 3 is 2.54 bits per heavy atom. The quantitative estimate of drug-likeness (QED) is 0.160. The largest absolute Gasteiger partial charge is 0.483 e. The maximum atomic E-state index is 12.7. The molecule has 312 valence electrons. The van der Waals surface area contributed by atoms with Crippen LogP contribution < -0.4 is 30.7 Å². The van der Waals surface area contributed by atoms with Crippen molar-refractivity contribution in [2.24, 2.45) is 13.0 Å². The average Bonchev–Trinajstić information content (AvgIpc) is 3.57. The number of hydrogen-bond donors (Lipinski definition) is 4. The van der Waals surface area contributed by atoms with Crippen LogP contribution in [0.5, 0.6) is 0 Å². The van der Waals surface area contributed by atoms with Crippen LogP contribution in [0.3, 0.4) is 0 Å². The minimum atomic E-state index is -1.03. The summed E-state index contributed by atoms with van der Waals surface area (Å²) < 4.78 is 7.61. The van der Waals surface area contributed by atoms with Gasteiger partial charge in [-0.25, -0.2) is 4.98 Å². The number of amides is 3. The van der Waals surface area contributed by atoms with Crippen LogP contribution in [0.2, 0.25) is 5.02 Å². The number of aliphatic hydroxyl groups excluding tert-OH is 1. The van der Waals surface area contributed by atoms with Crippen LogP contribution in [-0.2, 0) is 26.2 Å². The number of carbonyl (C=O) groups excluding carboxylic acids is 3. The number of nitrogens with zero attached hydrogens (tertiary/aromatic N) is 8. The third kappa shape index (κ3) is 8.38. The van der Waals surface area contributed by atoms with E-state index in [-0.39, 0.29) is 30.4 Å². The number of para-hydroxylation sites is 1. The summed E-state index contributed by atoms with van der Waals surface area (Å²) in [6.45, 7) is 10.1. The van der Waals surface area contributed by atoms with E-state index in [9.17, 15) is 19.5 Å². The Morgan fingerprint density at radius 1 is 1.03 bits per heavy atom. The molecule has 0 aliphatic carbocycles. The van der Waals surface area contributed by atoms with Crippen LogP contribution in [-0.4, -0.2) is 119 Å². The fourth-order valence-corrected chi connectivity index (χ4v) is 8.91. The molecule has 16 nitrogen and oxygen atoms in total. The first kappa shape index (κ1) is 40.3. The first-order chi connectivity index (χ1) is 28.5. The summed E-state index contributed by atoms with van der Waals surface area (Å²) in [6.07, 6.45) is 5.34. The number of halogens is 1. The van der Waals surface area contributed by atoms with Crippen molar-refractivity contribution in [3.05, 3.63) is 64.6 Å².